The second-order valence-electron chi connectivity index (χ2n) is 13.4. The van der Waals surface area contributed by atoms with Crippen LogP contribution in [0.2, 0.25) is 0 Å². The van der Waals surface area contributed by atoms with Gasteiger partial charge in [0.2, 0.25) is 5.91 Å². The van der Waals surface area contributed by atoms with E-state index in [0.29, 0.717) is 51.6 Å². The first-order chi connectivity index (χ1) is 22.3. The highest BCUT2D eigenvalue weighted by molar-refractivity contribution is 5.92. The van der Waals surface area contributed by atoms with Gasteiger partial charge in [-0.25, -0.2) is 0 Å². The molecule has 1 saturated carbocycles. The maximum atomic E-state index is 13.3. The van der Waals surface area contributed by atoms with Gasteiger partial charge in [-0.2, -0.15) is 5.10 Å². The first-order valence-corrected chi connectivity index (χ1v) is 17.0. The molecule has 2 saturated heterocycles. The summed E-state index contributed by atoms with van der Waals surface area (Å²) in [4.78, 5) is 32.2. The minimum atomic E-state index is -0.440. The molecule has 254 valence electrons. The lowest BCUT2D eigenvalue weighted by Gasteiger charge is -2.47. The van der Waals surface area contributed by atoms with Crippen molar-refractivity contribution in [3.05, 3.63) is 53.3 Å². The van der Waals surface area contributed by atoms with Crippen molar-refractivity contribution >= 4 is 11.8 Å². The van der Waals surface area contributed by atoms with E-state index in [9.17, 15) is 9.59 Å². The number of ether oxygens (including phenoxy) is 4. The fourth-order valence-corrected chi connectivity index (χ4v) is 6.49. The third-order valence-corrected chi connectivity index (χ3v) is 9.51. The molecule has 2 aromatic rings. The molecule has 11 nitrogen and oxygen atoms in total. The third kappa shape index (κ3) is 9.60. The summed E-state index contributed by atoms with van der Waals surface area (Å²) in [6, 6.07) is 10.6. The van der Waals surface area contributed by atoms with Crippen LogP contribution in [0.5, 0.6) is 0 Å². The van der Waals surface area contributed by atoms with Gasteiger partial charge in [0, 0.05) is 59.2 Å². The highest BCUT2D eigenvalue weighted by Gasteiger charge is 2.41. The predicted molar refractivity (Wildman–Crippen MR) is 174 cm³/mol. The topological polar surface area (TPSA) is 98.6 Å². The first kappa shape index (κ1) is 34.5. The number of morpholine rings is 1. The number of benzene rings is 1. The number of carbonyl (C=O) groups is 2. The molecule has 3 aliphatic rings. The van der Waals surface area contributed by atoms with Crippen LogP contribution < -0.4 is 0 Å². The Hall–Kier alpha value is -2.83. The molecule has 3 fully saturated rings. The first-order valence-electron chi connectivity index (χ1n) is 17.0. The number of carbonyl (C=O) groups excluding carboxylic acids is 2. The number of amides is 2. The van der Waals surface area contributed by atoms with E-state index < -0.39 is 6.29 Å². The number of likely N-dealkylation sites (tertiary alicyclic amines) is 1. The lowest BCUT2D eigenvalue weighted by molar-refractivity contribution is -0.149. The van der Waals surface area contributed by atoms with Crippen LogP contribution in [0.1, 0.15) is 67.6 Å². The van der Waals surface area contributed by atoms with Crippen LogP contribution in [0.4, 0.5) is 0 Å². The van der Waals surface area contributed by atoms with Crippen molar-refractivity contribution in [1.82, 2.24) is 24.5 Å². The Morgan fingerprint density at radius 3 is 2.54 bits per heavy atom. The summed E-state index contributed by atoms with van der Waals surface area (Å²) >= 11 is 0. The van der Waals surface area contributed by atoms with Gasteiger partial charge in [-0.15, -0.1) is 0 Å². The van der Waals surface area contributed by atoms with Crippen LogP contribution in [0.3, 0.4) is 0 Å². The molecule has 5 rings (SSSR count). The third-order valence-electron chi connectivity index (χ3n) is 9.51. The number of aromatic nitrogens is 2. The van der Waals surface area contributed by atoms with E-state index in [0.717, 1.165) is 51.4 Å². The Bertz CT molecular complexity index is 1270. The molecule has 1 aromatic heterocycles. The van der Waals surface area contributed by atoms with Gasteiger partial charge in [-0.05, 0) is 69.1 Å². The number of hydrogen-bond donors (Lipinski definition) is 0. The molecule has 0 N–H and O–H groups in total. The molecular weight excluding hydrogens is 586 g/mol. The summed E-state index contributed by atoms with van der Waals surface area (Å²) < 4.78 is 24.7. The summed E-state index contributed by atoms with van der Waals surface area (Å²) in [5.41, 5.74) is 2.78. The molecular formula is C35H53N5O6. The highest BCUT2D eigenvalue weighted by Crippen LogP contribution is 2.32. The average molecular weight is 640 g/mol. The van der Waals surface area contributed by atoms with Gasteiger partial charge >= 0.3 is 0 Å². The van der Waals surface area contributed by atoms with Gasteiger partial charge in [-0.1, -0.05) is 24.3 Å². The largest absolute Gasteiger partial charge is 0.381 e. The zero-order valence-corrected chi connectivity index (χ0v) is 28.2. The highest BCUT2D eigenvalue weighted by atomic mass is 16.7. The molecule has 0 unspecified atom stereocenters. The average Bonchev–Trinajstić information content (AvgIpc) is 3.76. The molecule has 3 heterocycles. The van der Waals surface area contributed by atoms with Gasteiger partial charge in [-0.3, -0.25) is 19.2 Å². The number of methoxy groups -OCH3 is 2. The van der Waals surface area contributed by atoms with Gasteiger partial charge in [0.05, 0.1) is 44.9 Å². The van der Waals surface area contributed by atoms with Gasteiger partial charge in [0.1, 0.15) is 5.69 Å². The number of piperidine rings is 1. The maximum absolute atomic E-state index is 13.3. The van der Waals surface area contributed by atoms with Gasteiger partial charge in [0.25, 0.3) is 5.91 Å². The van der Waals surface area contributed by atoms with Crippen LogP contribution in [0.25, 0.3) is 0 Å². The predicted octanol–water partition coefficient (Wildman–Crippen LogP) is 3.61. The molecule has 1 aromatic carbocycles. The van der Waals surface area contributed by atoms with Crippen LogP contribution >= 0.6 is 0 Å². The van der Waals surface area contributed by atoms with E-state index in [1.807, 2.05) is 35.7 Å². The Labute approximate surface area is 274 Å². The summed E-state index contributed by atoms with van der Waals surface area (Å²) in [6.07, 6.45) is 6.97. The number of nitrogens with zero attached hydrogens (tertiary/aromatic N) is 5. The molecule has 2 amide bonds. The fraction of sp³-hybridized carbons (Fsp3) is 0.686. The van der Waals surface area contributed by atoms with E-state index in [2.05, 4.69) is 34.3 Å². The second kappa shape index (κ2) is 16.3. The molecule has 0 radical (unpaired) electrons. The van der Waals surface area contributed by atoms with E-state index in [1.54, 1.807) is 19.1 Å². The van der Waals surface area contributed by atoms with E-state index >= 15 is 0 Å². The zero-order chi connectivity index (χ0) is 32.5. The number of hydrogen-bond acceptors (Lipinski definition) is 8. The fourth-order valence-electron chi connectivity index (χ4n) is 6.49. The van der Waals surface area contributed by atoms with Crippen LogP contribution in [0, 0.1) is 5.92 Å². The van der Waals surface area contributed by atoms with Crippen LogP contribution in [-0.2, 0) is 43.3 Å². The Balaban J connectivity index is 1.02. The van der Waals surface area contributed by atoms with Gasteiger partial charge in [0.15, 0.2) is 6.29 Å². The zero-order valence-electron chi connectivity index (χ0n) is 28.2. The van der Waals surface area contributed by atoms with Crippen molar-refractivity contribution in [3.8, 4) is 0 Å². The Morgan fingerprint density at radius 2 is 1.83 bits per heavy atom. The molecule has 46 heavy (non-hydrogen) atoms. The minimum absolute atomic E-state index is 0.0202. The van der Waals surface area contributed by atoms with Crippen LogP contribution in [-0.4, -0.2) is 121 Å². The summed E-state index contributed by atoms with van der Waals surface area (Å²) in [5, 5.41) is 4.57. The number of rotatable bonds is 16. The minimum Gasteiger partial charge on any atom is -0.381 e. The monoisotopic (exact) mass is 639 g/mol. The van der Waals surface area contributed by atoms with Crippen LogP contribution in [0.15, 0.2) is 36.5 Å². The SMILES string of the molecule is COC(CN(C(=O)CCOCCc1cccc(CN2CCC3(CC2)CN(C(=O)c2ccn(CC4CC4)n2)CCO3)c1)C(C)C)OC. The lowest BCUT2D eigenvalue weighted by atomic mass is 9.89. The van der Waals surface area contributed by atoms with Crippen molar-refractivity contribution in [1.29, 1.82) is 0 Å². The summed E-state index contributed by atoms with van der Waals surface area (Å²) in [5.74, 6) is 0.781. The van der Waals surface area contributed by atoms with E-state index in [4.69, 9.17) is 18.9 Å². The molecule has 1 spiro atoms. The van der Waals surface area contributed by atoms with E-state index in [-0.39, 0.29) is 23.5 Å². The Kier molecular flexibility index (Phi) is 12.2. The Morgan fingerprint density at radius 1 is 1.07 bits per heavy atom. The van der Waals surface area contributed by atoms with Crippen molar-refractivity contribution in [2.24, 2.45) is 5.92 Å². The van der Waals surface area contributed by atoms with E-state index in [1.165, 1.54) is 24.0 Å². The smallest absolute Gasteiger partial charge is 0.274 e. The van der Waals surface area contributed by atoms with Crippen molar-refractivity contribution in [2.45, 2.75) is 83.4 Å². The standard InChI is InChI=1S/C35H53N5O6/c1-27(2)40(25-33(43-3)44-4)32(41)12-20-45-19-11-28-6-5-7-30(22-28)23-37-16-13-35(14-17-37)26-38(18-21-46-35)34(42)31-10-15-39(36-31)24-29-8-9-29/h5-7,10,15,22,27,29,33H,8-9,11-14,16-21,23-26H2,1-4H3. The molecule has 0 atom stereocenters. The summed E-state index contributed by atoms with van der Waals surface area (Å²) in [6.45, 7) is 10.8. The normalized spacial score (nSPS) is 18.5. The molecule has 0 bridgehead atoms. The molecule has 1 aliphatic carbocycles. The lowest BCUT2D eigenvalue weighted by Crippen LogP contribution is -2.58. The molecule has 2 aliphatic heterocycles. The summed E-state index contributed by atoms with van der Waals surface area (Å²) in [7, 11) is 3.16. The second-order valence-corrected chi connectivity index (χ2v) is 13.4. The maximum Gasteiger partial charge on any atom is 0.274 e. The van der Waals surface area contributed by atoms with Crippen molar-refractivity contribution in [2.75, 3.05) is 66.8 Å². The quantitative estimate of drug-likeness (QED) is 0.203. The van der Waals surface area contributed by atoms with Crippen molar-refractivity contribution < 1.29 is 28.5 Å². The van der Waals surface area contributed by atoms with Crippen molar-refractivity contribution in [3.63, 3.8) is 0 Å². The molecule has 11 heteroatoms. The van der Waals surface area contributed by atoms with Gasteiger partial charge < -0.3 is 28.7 Å².